The van der Waals surface area contributed by atoms with Crippen molar-refractivity contribution in [1.82, 2.24) is 4.98 Å². The van der Waals surface area contributed by atoms with Gasteiger partial charge in [0.05, 0.1) is 15.8 Å². The molecular formula is C13H13BrFN3O2S. The SMILES string of the molecule is CCNc1ccncc1S(=O)(=O)Nc1ccc(F)c(Br)c1. The first-order valence-corrected chi connectivity index (χ1v) is 8.37. The number of sulfonamides is 1. The molecule has 0 aliphatic rings. The summed E-state index contributed by atoms with van der Waals surface area (Å²) in [6.45, 7) is 2.44. The van der Waals surface area contributed by atoms with Gasteiger partial charge in [0.15, 0.2) is 0 Å². The van der Waals surface area contributed by atoms with E-state index in [2.05, 4.69) is 31.0 Å². The molecule has 5 nitrogen and oxygen atoms in total. The van der Waals surface area contributed by atoms with Crippen molar-refractivity contribution in [2.45, 2.75) is 11.8 Å². The number of pyridine rings is 1. The lowest BCUT2D eigenvalue weighted by Crippen LogP contribution is -2.15. The number of halogens is 2. The van der Waals surface area contributed by atoms with Crippen LogP contribution in [0.1, 0.15) is 6.92 Å². The second kappa shape index (κ2) is 6.40. The molecule has 1 heterocycles. The van der Waals surface area contributed by atoms with Crippen LogP contribution < -0.4 is 10.0 Å². The third-order valence-electron chi connectivity index (χ3n) is 2.61. The average Bonchev–Trinajstić information content (AvgIpc) is 2.43. The van der Waals surface area contributed by atoms with Crippen molar-refractivity contribution in [1.29, 1.82) is 0 Å². The molecule has 2 rings (SSSR count). The Hall–Kier alpha value is -1.67. The molecule has 0 aliphatic carbocycles. The number of hydrogen-bond donors (Lipinski definition) is 2. The van der Waals surface area contributed by atoms with E-state index in [0.717, 1.165) is 0 Å². The maximum absolute atomic E-state index is 13.2. The van der Waals surface area contributed by atoms with Gasteiger partial charge >= 0.3 is 0 Å². The highest BCUT2D eigenvalue weighted by Crippen LogP contribution is 2.25. The molecule has 0 saturated heterocycles. The van der Waals surface area contributed by atoms with Crippen LogP contribution in [0.3, 0.4) is 0 Å². The van der Waals surface area contributed by atoms with Crippen LogP contribution in [-0.4, -0.2) is 19.9 Å². The summed E-state index contributed by atoms with van der Waals surface area (Å²) < 4.78 is 40.5. The topological polar surface area (TPSA) is 71.1 Å². The second-order valence-corrected chi connectivity index (χ2v) is 6.64. The Morgan fingerprint density at radius 2 is 2.10 bits per heavy atom. The Bertz CT molecular complexity index is 753. The van der Waals surface area contributed by atoms with Crippen LogP contribution in [-0.2, 0) is 10.0 Å². The molecule has 0 atom stereocenters. The van der Waals surface area contributed by atoms with Gasteiger partial charge in [-0.05, 0) is 47.1 Å². The molecule has 2 N–H and O–H groups in total. The molecule has 0 saturated carbocycles. The maximum Gasteiger partial charge on any atom is 0.265 e. The van der Waals surface area contributed by atoms with E-state index in [-0.39, 0.29) is 15.1 Å². The van der Waals surface area contributed by atoms with E-state index in [0.29, 0.717) is 12.2 Å². The van der Waals surface area contributed by atoms with Gasteiger partial charge in [0, 0.05) is 18.9 Å². The largest absolute Gasteiger partial charge is 0.384 e. The number of anilines is 2. The number of benzene rings is 1. The fourth-order valence-electron chi connectivity index (χ4n) is 1.70. The smallest absolute Gasteiger partial charge is 0.265 e. The molecule has 0 radical (unpaired) electrons. The van der Waals surface area contributed by atoms with Crippen LogP contribution in [0.5, 0.6) is 0 Å². The summed E-state index contributed by atoms with van der Waals surface area (Å²) in [7, 11) is -3.81. The van der Waals surface area contributed by atoms with Gasteiger partial charge in [-0.25, -0.2) is 12.8 Å². The van der Waals surface area contributed by atoms with Gasteiger partial charge in [-0.1, -0.05) is 0 Å². The highest BCUT2D eigenvalue weighted by atomic mass is 79.9. The molecule has 0 bridgehead atoms. The predicted octanol–water partition coefficient (Wildman–Crippen LogP) is 3.22. The van der Waals surface area contributed by atoms with Crippen molar-refractivity contribution >= 4 is 37.3 Å². The Labute approximate surface area is 130 Å². The lowest BCUT2D eigenvalue weighted by atomic mass is 10.3. The van der Waals surface area contributed by atoms with Gasteiger partial charge < -0.3 is 5.32 Å². The Morgan fingerprint density at radius 1 is 1.33 bits per heavy atom. The molecule has 112 valence electrons. The quantitative estimate of drug-likeness (QED) is 0.843. The van der Waals surface area contributed by atoms with E-state index in [1.54, 1.807) is 6.07 Å². The first kappa shape index (κ1) is 15.7. The summed E-state index contributed by atoms with van der Waals surface area (Å²) >= 11 is 3.01. The summed E-state index contributed by atoms with van der Waals surface area (Å²) in [4.78, 5) is 3.87. The molecule has 8 heteroatoms. The zero-order valence-electron chi connectivity index (χ0n) is 11.1. The molecule has 0 fully saturated rings. The van der Waals surface area contributed by atoms with Crippen LogP contribution in [0.25, 0.3) is 0 Å². The molecule has 0 aliphatic heterocycles. The van der Waals surface area contributed by atoms with Crippen LogP contribution in [0.4, 0.5) is 15.8 Å². The second-order valence-electron chi connectivity index (χ2n) is 4.14. The van der Waals surface area contributed by atoms with Gasteiger partial charge in [-0.3, -0.25) is 9.71 Å². The number of aromatic nitrogens is 1. The van der Waals surface area contributed by atoms with Gasteiger partial charge in [0.2, 0.25) is 0 Å². The van der Waals surface area contributed by atoms with Crippen molar-refractivity contribution in [2.75, 3.05) is 16.6 Å². The maximum atomic E-state index is 13.2. The minimum Gasteiger partial charge on any atom is -0.384 e. The van der Waals surface area contributed by atoms with Gasteiger partial charge in [0.25, 0.3) is 10.0 Å². The first-order valence-electron chi connectivity index (χ1n) is 6.10. The Morgan fingerprint density at radius 3 is 2.76 bits per heavy atom. The number of rotatable bonds is 5. The molecule has 0 unspecified atom stereocenters. The molecule has 2 aromatic rings. The van der Waals surface area contributed by atoms with E-state index in [1.807, 2.05) is 6.92 Å². The zero-order chi connectivity index (χ0) is 15.5. The standard InChI is InChI=1S/C13H13BrFN3O2S/c1-2-17-12-5-6-16-8-13(12)21(19,20)18-9-3-4-11(15)10(14)7-9/h3-8,18H,2H2,1H3,(H,16,17). The van der Waals surface area contributed by atoms with Crippen molar-refractivity contribution < 1.29 is 12.8 Å². The van der Waals surface area contributed by atoms with E-state index in [1.165, 1.54) is 30.6 Å². The third kappa shape index (κ3) is 3.70. The summed E-state index contributed by atoms with van der Waals surface area (Å²) in [5.41, 5.74) is 0.718. The van der Waals surface area contributed by atoms with E-state index >= 15 is 0 Å². The van der Waals surface area contributed by atoms with Crippen LogP contribution >= 0.6 is 15.9 Å². The van der Waals surface area contributed by atoms with E-state index in [4.69, 9.17) is 0 Å². The highest BCUT2D eigenvalue weighted by Gasteiger charge is 2.19. The van der Waals surface area contributed by atoms with Gasteiger partial charge in [-0.15, -0.1) is 0 Å². The van der Waals surface area contributed by atoms with Gasteiger partial charge in [0.1, 0.15) is 10.7 Å². The zero-order valence-corrected chi connectivity index (χ0v) is 13.5. The van der Waals surface area contributed by atoms with Gasteiger partial charge in [-0.2, -0.15) is 0 Å². The Balaban J connectivity index is 2.36. The predicted molar refractivity (Wildman–Crippen MR) is 83.3 cm³/mol. The van der Waals surface area contributed by atoms with Crippen LogP contribution in [0.2, 0.25) is 0 Å². The average molecular weight is 374 g/mol. The highest BCUT2D eigenvalue weighted by molar-refractivity contribution is 9.10. The summed E-state index contributed by atoms with van der Waals surface area (Å²) in [5.74, 6) is -0.465. The summed E-state index contributed by atoms with van der Waals surface area (Å²) in [6.07, 6.45) is 2.77. The van der Waals surface area contributed by atoms with Crippen molar-refractivity contribution in [2.24, 2.45) is 0 Å². The van der Waals surface area contributed by atoms with Crippen LogP contribution in [0.15, 0.2) is 46.0 Å². The van der Waals surface area contributed by atoms with E-state index in [9.17, 15) is 12.8 Å². The molecule has 0 amide bonds. The number of nitrogens with zero attached hydrogens (tertiary/aromatic N) is 1. The first-order chi connectivity index (χ1) is 9.94. The molecule has 0 spiro atoms. The van der Waals surface area contributed by atoms with Crippen molar-refractivity contribution in [3.63, 3.8) is 0 Å². The summed E-state index contributed by atoms with van der Waals surface area (Å²) in [6, 6.07) is 5.46. The van der Waals surface area contributed by atoms with Crippen molar-refractivity contribution in [3.8, 4) is 0 Å². The molecular weight excluding hydrogens is 361 g/mol. The summed E-state index contributed by atoms with van der Waals surface area (Å²) in [5, 5.41) is 2.96. The van der Waals surface area contributed by atoms with E-state index < -0.39 is 15.8 Å². The van der Waals surface area contributed by atoms with Crippen molar-refractivity contribution in [3.05, 3.63) is 46.9 Å². The number of nitrogens with one attached hydrogen (secondary N) is 2. The van der Waals surface area contributed by atoms with Crippen LogP contribution in [0, 0.1) is 5.82 Å². The minimum atomic E-state index is -3.81. The monoisotopic (exact) mass is 373 g/mol. The Kier molecular flexibility index (Phi) is 4.79. The number of hydrogen-bond acceptors (Lipinski definition) is 4. The minimum absolute atomic E-state index is 0.0345. The fourth-order valence-corrected chi connectivity index (χ4v) is 3.26. The normalized spacial score (nSPS) is 11.2. The lowest BCUT2D eigenvalue weighted by molar-refractivity contribution is 0.600. The lowest BCUT2D eigenvalue weighted by Gasteiger charge is -2.12. The fraction of sp³-hybridized carbons (Fsp3) is 0.154. The third-order valence-corrected chi connectivity index (χ3v) is 4.63. The molecule has 21 heavy (non-hydrogen) atoms. The molecule has 1 aromatic heterocycles. The molecule has 1 aromatic carbocycles.